The van der Waals surface area contributed by atoms with Gasteiger partial charge in [0.25, 0.3) is 0 Å². The molecule has 0 saturated carbocycles. The predicted molar refractivity (Wildman–Crippen MR) is 62.3 cm³/mol. The smallest absolute Gasteiger partial charge is 0.306 e. The van der Waals surface area contributed by atoms with Gasteiger partial charge in [-0.1, -0.05) is 0 Å². The van der Waals surface area contributed by atoms with E-state index < -0.39 is 10.1 Å². The SMILES string of the molecule is CC(C)(C)Oc1ccc(OS(C)(=O)=O)cc1. The fourth-order valence-corrected chi connectivity index (χ4v) is 1.55. The van der Waals surface area contributed by atoms with E-state index in [2.05, 4.69) is 0 Å². The molecule has 0 atom stereocenters. The lowest BCUT2D eigenvalue weighted by molar-refractivity contribution is 0.131. The summed E-state index contributed by atoms with van der Waals surface area (Å²) in [4.78, 5) is 0. The van der Waals surface area contributed by atoms with Gasteiger partial charge in [-0.15, -0.1) is 0 Å². The van der Waals surface area contributed by atoms with E-state index in [9.17, 15) is 8.42 Å². The number of rotatable bonds is 3. The Morgan fingerprint density at radius 2 is 1.44 bits per heavy atom. The van der Waals surface area contributed by atoms with Crippen LogP contribution in [-0.2, 0) is 10.1 Å². The van der Waals surface area contributed by atoms with Crippen molar-refractivity contribution in [1.82, 2.24) is 0 Å². The average Bonchev–Trinajstić information content (AvgIpc) is 2.03. The Bertz CT molecular complexity index is 440. The van der Waals surface area contributed by atoms with Crippen LogP contribution in [0.3, 0.4) is 0 Å². The molecule has 0 aliphatic heterocycles. The summed E-state index contributed by atoms with van der Waals surface area (Å²) in [5, 5.41) is 0. The first-order valence-electron chi connectivity index (χ1n) is 4.84. The van der Waals surface area contributed by atoms with Gasteiger partial charge in [0.05, 0.1) is 6.26 Å². The summed E-state index contributed by atoms with van der Waals surface area (Å²) in [5.74, 6) is 0.956. The van der Waals surface area contributed by atoms with Crippen molar-refractivity contribution in [2.75, 3.05) is 6.26 Å². The summed E-state index contributed by atoms with van der Waals surface area (Å²) in [6.45, 7) is 5.82. The van der Waals surface area contributed by atoms with Crippen LogP contribution < -0.4 is 8.92 Å². The van der Waals surface area contributed by atoms with Crippen LogP contribution in [-0.4, -0.2) is 20.3 Å². The minimum Gasteiger partial charge on any atom is -0.488 e. The maximum Gasteiger partial charge on any atom is 0.306 e. The van der Waals surface area contributed by atoms with Crippen molar-refractivity contribution >= 4 is 10.1 Å². The topological polar surface area (TPSA) is 52.6 Å². The zero-order valence-electron chi connectivity index (χ0n) is 9.85. The van der Waals surface area contributed by atoms with Crippen molar-refractivity contribution in [3.05, 3.63) is 24.3 Å². The molecule has 16 heavy (non-hydrogen) atoms. The quantitative estimate of drug-likeness (QED) is 0.765. The third-order valence-electron chi connectivity index (χ3n) is 1.50. The second kappa shape index (κ2) is 4.33. The molecule has 0 amide bonds. The molecule has 5 heteroatoms. The Labute approximate surface area is 96.3 Å². The van der Waals surface area contributed by atoms with Gasteiger partial charge in [-0.25, -0.2) is 0 Å². The van der Waals surface area contributed by atoms with E-state index >= 15 is 0 Å². The summed E-state index contributed by atoms with van der Waals surface area (Å²) in [6, 6.07) is 6.46. The van der Waals surface area contributed by atoms with Gasteiger partial charge in [-0.05, 0) is 45.0 Å². The number of ether oxygens (including phenoxy) is 1. The van der Waals surface area contributed by atoms with Gasteiger partial charge in [-0.2, -0.15) is 8.42 Å². The average molecular weight is 244 g/mol. The maximum absolute atomic E-state index is 10.9. The molecule has 0 aliphatic carbocycles. The van der Waals surface area contributed by atoms with Crippen molar-refractivity contribution in [3.63, 3.8) is 0 Å². The molecule has 1 aromatic rings. The molecule has 0 spiro atoms. The van der Waals surface area contributed by atoms with E-state index in [1.807, 2.05) is 20.8 Å². The fourth-order valence-electron chi connectivity index (χ4n) is 1.09. The lowest BCUT2D eigenvalue weighted by Gasteiger charge is -2.21. The molecule has 0 N–H and O–H groups in total. The molecular formula is C11H16O4S. The number of hydrogen-bond acceptors (Lipinski definition) is 4. The lowest BCUT2D eigenvalue weighted by Crippen LogP contribution is -2.22. The molecule has 1 rings (SSSR count). The molecule has 0 radical (unpaired) electrons. The molecule has 0 aromatic heterocycles. The second-order valence-corrected chi connectivity index (χ2v) is 6.05. The molecule has 90 valence electrons. The first-order chi connectivity index (χ1) is 7.16. The van der Waals surface area contributed by atoms with Crippen LogP contribution in [0.4, 0.5) is 0 Å². The summed E-state index contributed by atoms with van der Waals surface area (Å²) in [7, 11) is -3.47. The monoisotopic (exact) mass is 244 g/mol. The van der Waals surface area contributed by atoms with Crippen LogP contribution in [0.15, 0.2) is 24.3 Å². The lowest BCUT2D eigenvalue weighted by atomic mass is 10.2. The second-order valence-electron chi connectivity index (χ2n) is 4.47. The number of benzene rings is 1. The minimum absolute atomic E-state index is 0.279. The summed E-state index contributed by atoms with van der Waals surface area (Å²) in [6.07, 6.45) is 1.01. The molecule has 0 heterocycles. The van der Waals surface area contributed by atoms with Crippen LogP contribution in [0, 0.1) is 0 Å². The largest absolute Gasteiger partial charge is 0.488 e. The Balaban J connectivity index is 2.76. The molecule has 0 aliphatic rings. The Morgan fingerprint density at radius 3 is 1.81 bits per heavy atom. The van der Waals surface area contributed by atoms with Gasteiger partial charge in [-0.3, -0.25) is 0 Å². The standard InChI is InChI=1S/C11H16O4S/c1-11(2,3)14-9-5-7-10(8-6-9)15-16(4,12)13/h5-8H,1-4H3. The van der Waals surface area contributed by atoms with Crippen LogP contribution in [0.5, 0.6) is 11.5 Å². The molecule has 0 bridgehead atoms. The first kappa shape index (κ1) is 12.8. The van der Waals surface area contributed by atoms with E-state index in [1.165, 1.54) is 0 Å². The molecule has 0 saturated heterocycles. The normalized spacial score (nSPS) is 12.2. The number of hydrogen-bond donors (Lipinski definition) is 0. The van der Waals surface area contributed by atoms with Gasteiger partial charge < -0.3 is 8.92 Å². The van der Waals surface area contributed by atoms with Gasteiger partial charge in [0.1, 0.15) is 17.1 Å². The maximum atomic E-state index is 10.9. The molecule has 0 unspecified atom stereocenters. The van der Waals surface area contributed by atoms with Crippen LogP contribution in [0.1, 0.15) is 20.8 Å². The van der Waals surface area contributed by atoms with Crippen molar-refractivity contribution in [2.24, 2.45) is 0 Å². The Kier molecular flexibility index (Phi) is 3.48. The third-order valence-corrected chi connectivity index (χ3v) is 1.99. The molecule has 0 fully saturated rings. The van der Waals surface area contributed by atoms with E-state index in [0.29, 0.717) is 5.75 Å². The highest BCUT2D eigenvalue weighted by Crippen LogP contribution is 2.22. The summed E-state index contributed by atoms with van der Waals surface area (Å²) >= 11 is 0. The van der Waals surface area contributed by atoms with Crippen LogP contribution >= 0.6 is 0 Å². The molecule has 4 nitrogen and oxygen atoms in total. The van der Waals surface area contributed by atoms with E-state index in [1.54, 1.807) is 24.3 Å². The fraction of sp³-hybridized carbons (Fsp3) is 0.455. The van der Waals surface area contributed by atoms with E-state index in [-0.39, 0.29) is 11.4 Å². The molecular weight excluding hydrogens is 228 g/mol. The van der Waals surface area contributed by atoms with Crippen LogP contribution in [0.2, 0.25) is 0 Å². The van der Waals surface area contributed by atoms with E-state index in [0.717, 1.165) is 6.26 Å². The van der Waals surface area contributed by atoms with Gasteiger partial charge in [0.2, 0.25) is 0 Å². The highest BCUT2D eigenvalue weighted by atomic mass is 32.2. The molecule has 1 aromatic carbocycles. The highest BCUT2D eigenvalue weighted by molar-refractivity contribution is 7.86. The van der Waals surface area contributed by atoms with E-state index in [4.69, 9.17) is 8.92 Å². The highest BCUT2D eigenvalue weighted by Gasteiger charge is 2.12. The third kappa shape index (κ3) is 5.02. The predicted octanol–water partition coefficient (Wildman–Crippen LogP) is 2.20. The van der Waals surface area contributed by atoms with Gasteiger partial charge in [0, 0.05) is 0 Å². The van der Waals surface area contributed by atoms with Gasteiger partial charge >= 0.3 is 10.1 Å². The van der Waals surface area contributed by atoms with Crippen molar-refractivity contribution < 1.29 is 17.3 Å². The summed E-state index contributed by atoms with van der Waals surface area (Å²) in [5.41, 5.74) is -0.279. The zero-order valence-corrected chi connectivity index (χ0v) is 10.7. The Hall–Kier alpha value is -1.23. The Morgan fingerprint density at radius 1 is 1.00 bits per heavy atom. The van der Waals surface area contributed by atoms with Crippen molar-refractivity contribution in [1.29, 1.82) is 0 Å². The van der Waals surface area contributed by atoms with Crippen molar-refractivity contribution in [2.45, 2.75) is 26.4 Å². The van der Waals surface area contributed by atoms with Crippen molar-refractivity contribution in [3.8, 4) is 11.5 Å². The van der Waals surface area contributed by atoms with Crippen LogP contribution in [0.25, 0.3) is 0 Å². The van der Waals surface area contributed by atoms with Gasteiger partial charge in [0.15, 0.2) is 0 Å². The minimum atomic E-state index is -3.47. The zero-order chi connectivity index (χ0) is 12.4. The first-order valence-corrected chi connectivity index (χ1v) is 6.66. The summed E-state index contributed by atoms with van der Waals surface area (Å²) < 4.78 is 32.0.